The molecule has 0 radical (unpaired) electrons. The Morgan fingerprint density at radius 1 is 0.432 bits per heavy atom. The zero-order chi connectivity index (χ0) is 26.8. The molecule has 4 heterocycles. The van der Waals surface area contributed by atoms with E-state index in [2.05, 4.69) is 99.8 Å². The van der Waals surface area contributed by atoms with Crippen LogP contribution in [0.4, 0.5) is 0 Å². The molecule has 4 aliphatic rings. The average Bonchev–Trinajstić information content (AvgIpc) is 3.14. The third-order valence-electron chi connectivity index (χ3n) is 7.54. The fraction of sp³-hybridized carbons (Fsp3) is 0.758. The second-order valence-electron chi connectivity index (χ2n) is 11.6. The predicted octanol–water partition coefficient (Wildman–Crippen LogP) is 7.27. The molecule has 0 amide bonds. The van der Waals surface area contributed by atoms with E-state index in [9.17, 15) is 0 Å². The van der Waals surface area contributed by atoms with Crippen molar-refractivity contribution in [3.63, 3.8) is 0 Å². The molecule has 0 aromatic carbocycles. The van der Waals surface area contributed by atoms with Gasteiger partial charge in [-0.2, -0.15) is 0 Å². The first-order valence-electron chi connectivity index (χ1n) is 14.5. The van der Waals surface area contributed by atoms with Crippen molar-refractivity contribution in [2.24, 2.45) is 0 Å². The number of hydrogen-bond acceptors (Lipinski definition) is 4. The van der Waals surface area contributed by atoms with Gasteiger partial charge in [0.1, 0.15) is 0 Å². The van der Waals surface area contributed by atoms with Crippen molar-refractivity contribution in [3.8, 4) is 0 Å². The number of rotatable bonds is 0. The predicted molar refractivity (Wildman–Crippen MR) is 169 cm³/mol. The van der Waals surface area contributed by atoms with Crippen LogP contribution in [-0.4, -0.2) is 100 Å². The number of hydrogen-bond donors (Lipinski definition) is 0. The minimum atomic E-state index is 0. The summed E-state index contributed by atoms with van der Waals surface area (Å²) in [6.07, 6.45) is 19.5. The third kappa shape index (κ3) is 20.4. The Morgan fingerprint density at radius 2 is 0.784 bits per heavy atom. The van der Waals surface area contributed by atoms with Crippen LogP contribution in [0.15, 0.2) is 46.6 Å². The maximum Gasteiger partial charge on any atom is 0.0162 e. The van der Waals surface area contributed by atoms with Crippen molar-refractivity contribution in [1.82, 2.24) is 19.6 Å². The van der Waals surface area contributed by atoms with Crippen molar-refractivity contribution < 1.29 is 0 Å². The van der Waals surface area contributed by atoms with Crippen molar-refractivity contribution >= 4 is 0 Å². The molecule has 0 N–H and O–H groups in total. The van der Waals surface area contributed by atoms with Crippen LogP contribution >= 0.6 is 0 Å². The second kappa shape index (κ2) is 21.7. The molecule has 216 valence electrons. The van der Waals surface area contributed by atoms with Gasteiger partial charge < -0.3 is 19.6 Å². The first-order valence-corrected chi connectivity index (χ1v) is 14.5. The van der Waals surface area contributed by atoms with Gasteiger partial charge in [-0.05, 0) is 114 Å². The zero-order valence-electron chi connectivity index (χ0n) is 25.4. The molecule has 0 aromatic rings. The summed E-state index contributed by atoms with van der Waals surface area (Å²) >= 11 is 0. The monoisotopic (exact) mass is 517 g/mol. The van der Waals surface area contributed by atoms with Gasteiger partial charge in [0, 0.05) is 45.8 Å². The molecule has 0 aliphatic carbocycles. The number of nitrogens with zero attached hydrogens (tertiary/aromatic N) is 4. The molecular weight excluding hydrogens is 452 g/mol. The summed E-state index contributed by atoms with van der Waals surface area (Å²) in [5.41, 5.74) is 6.23. The van der Waals surface area contributed by atoms with Gasteiger partial charge in [0.2, 0.25) is 0 Å². The Bertz CT molecular complexity index is 673. The van der Waals surface area contributed by atoms with Crippen LogP contribution in [0.25, 0.3) is 0 Å². The molecule has 0 unspecified atom stereocenters. The lowest BCUT2D eigenvalue weighted by atomic mass is 10.1. The Balaban J connectivity index is 0.000000464. The maximum atomic E-state index is 2.41. The van der Waals surface area contributed by atoms with Gasteiger partial charge in [-0.15, -0.1) is 0 Å². The summed E-state index contributed by atoms with van der Waals surface area (Å²) < 4.78 is 0. The first-order chi connectivity index (χ1) is 17.2. The quantitative estimate of drug-likeness (QED) is 0.314. The van der Waals surface area contributed by atoms with E-state index in [-0.39, 0.29) is 7.43 Å². The van der Waals surface area contributed by atoms with E-state index >= 15 is 0 Å². The minimum absolute atomic E-state index is 0. The number of allylic oxidation sites excluding steroid dienone is 1. The highest BCUT2D eigenvalue weighted by Gasteiger charge is 2.03. The van der Waals surface area contributed by atoms with Gasteiger partial charge in [-0.25, -0.2) is 0 Å². The Labute approximate surface area is 233 Å². The van der Waals surface area contributed by atoms with E-state index in [1.54, 1.807) is 22.3 Å². The molecule has 4 rings (SSSR count). The topological polar surface area (TPSA) is 13.0 Å². The van der Waals surface area contributed by atoms with Gasteiger partial charge in [-0.1, -0.05) is 54.0 Å². The molecule has 0 fully saturated rings. The van der Waals surface area contributed by atoms with Gasteiger partial charge in [0.25, 0.3) is 0 Å². The van der Waals surface area contributed by atoms with Gasteiger partial charge in [-0.3, -0.25) is 0 Å². The summed E-state index contributed by atoms with van der Waals surface area (Å²) in [5.74, 6) is 0. The average molecular weight is 517 g/mol. The van der Waals surface area contributed by atoms with E-state index in [1.165, 1.54) is 97.2 Å². The van der Waals surface area contributed by atoms with Crippen LogP contribution < -0.4 is 0 Å². The van der Waals surface area contributed by atoms with Gasteiger partial charge >= 0.3 is 0 Å². The minimum Gasteiger partial charge on any atom is -0.306 e. The van der Waals surface area contributed by atoms with Gasteiger partial charge in [0.05, 0.1) is 0 Å². The summed E-state index contributed by atoms with van der Waals surface area (Å²) in [7, 11) is 8.73. The summed E-state index contributed by atoms with van der Waals surface area (Å²) in [6, 6.07) is 0. The molecule has 4 heteroatoms. The largest absolute Gasteiger partial charge is 0.306 e. The molecule has 4 nitrogen and oxygen atoms in total. The standard InChI is InChI=1S/C9H17N.2C8H15N.C7H13N.CH4/c1-9-5-3-7-10(2)8-4-6-9;2*1-8-4-3-6-9(2)7-5-8;1-7-3-5-8(2)6-4-7;/h5H,3-4,6-8H2,1-2H3;2*4H,3,5-7H2,1-2H3;3H,4-6H2,1-2H3;1H4/b9-5-;;;;. The lowest BCUT2D eigenvalue weighted by Gasteiger charge is -2.19. The van der Waals surface area contributed by atoms with Crippen LogP contribution in [0, 0.1) is 0 Å². The fourth-order valence-corrected chi connectivity index (χ4v) is 4.47. The van der Waals surface area contributed by atoms with Crippen LogP contribution in [0.2, 0.25) is 0 Å². The summed E-state index contributed by atoms with van der Waals surface area (Å²) in [4.78, 5) is 9.50. The van der Waals surface area contributed by atoms with Crippen LogP contribution in [0.5, 0.6) is 0 Å². The Kier molecular flexibility index (Phi) is 21.0. The fourth-order valence-electron chi connectivity index (χ4n) is 4.47. The van der Waals surface area contributed by atoms with Crippen molar-refractivity contribution in [2.45, 2.75) is 86.5 Å². The molecule has 0 saturated heterocycles. The highest BCUT2D eigenvalue weighted by molar-refractivity contribution is 5.03. The highest BCUT2D eigenvalue weighted by Crippen LogP contribution is 2.10. The highest BCUT2D eigenvalue weighted by atomic mass is 15.1. The van der Waals surface area contributed by atoms with Crippen molar-refractivity contribution in [2.75, 3.05) is 80.5 Å². The maximum absolute atomic E-state index is 2.41. The molecule has 0 atom stereocenters. The normalized spacial score (nSPS) is 23.9. The molecule has 0 bridgehead atoms. The smallest absolute Gasteiger partial charge is 0.0162 e. The van der Waals surface area contributed by atoms with E-state index in [4.69, 9.17) is 0 Å². The van der Waals surface area contributed by atoms with Crippen molar-refractivity contribution in [1.29, 1.82) is 0 Å². The zero-order valence-corrected chi connectivity index (χ0v) is 25.4. The molecular formula is C33H64N4. The first kappa shape index (κ1) is 35.8. The third-order valence-corrected chi connectivity index (χ3v) is 7.54. The molecule has 4 aliphatic heterocycles. The van der Waals surface area contributed by atoms with Crippen LogP contribution in [0.3, 0.4) is 0 Å². The Hall–Kier alpha value is -1.20. The van der Waals surface area contributed by atoms with Crippen LogP contribution in [0.1, 0.15) is 86.5 Å². The van der Waals surface area contributed by atoms with Gasteiger partial charge in [0.15, 0.2) is 0 Å². The molecule has 0 spiro atoms. The molecule has 37 heavy (non-hydrogen) atoms. The van der Waals surface area contributed by atoms with Crippen LogP contribution in [-0.2, 0) is 0 Å². The summed E-state index contributed by atoms with van der Waals surface area (Å²) in [5, 5.41) is 0. The molecule has 0 saturated carbocycles. The number of likely N-dealkylation sites (N-methyl/N-ethyl adjacent to an activating group) is 1. The molecule has 0 aromatic heterocycles. The lowest BCUT2D eigenvalue weighted by molar-refractivity contribution is 0.331. The second-order valence-corrected chi connectivity index (χ2v) is 11.6. The Morgan fingerprint density at radius 3 is 1.19 bits per heavy atom. The SMILES string of the molecule is C.C/C1=C/CCN(C)CCC1.CC1=CCCN(C)CC1.CC1=CCCN(C)CC1.CC1=CCN(C)CC1. The van der Waals surface area contributed by atoms with E-state index in [0.29, 0.717) is 0 Å². The van der Waals surface area contributed by atoms with Crippen molar-refractivity contribution in [3.05, 3.63) is 46.6 Å². The van der Waals surface area contributed by atoms with E-state index in [0.717, 1.165) is 6.54 Å². The van der Waals surface area contributed by atoms with E-state index in [1.807, 2.05) is 0 Å². The summed E-state index contributed by atoms with van der Waals surface area (Å²) in [6.45, 7) is 18.7. The van der Waals surface area contributed by atoms with E-state index < -0.39 is 0 Å². The lowest BCUT2D eigenvalue weighted by Crippen LogP contribution is -2.23.